The minimum atomic E-state index is -0.667. The highest BCUT2D eigenvalue weighted by Gasteiger charge is 2.42. The van der Waals surface area contributed by atoms with Gasteiger partial charge in [0, 0.05) is 52.3 Å². The highest BCUT2D eigenvalue weighted by atomic mass is 16.5. The fraction of sp³-hybridized carbons (Fsp3) is 0.571. The lowest BCUT2D eigenvalue weighted by Gasteiger charge is -2.25. The number of ether oxygens (including phenoxy) is 2. The largest absolute Gasteiger partial charge is 0.497 e. The molecular weight excluding hydrogens is 388 g/mol. The van der Waals surface area contributed by atoms with Gasteiger partial charge in [-0.2, -0.15) is 0 Å². The molecule has 0 spiro atoms. The minimum Gasteiger partial charge on any atom is -0.497 e. The van der Waals surface area contributed by atoms with E-state index in [1.54, 1.807) is 12.0 Å². The molecule has 0 saturated carbocycles. The molecular formula is C21H30N4O5. The van der Waals surface area contributed by atoms with Crippen LogP contribution < -0.4 is 15.4 Å². The van der Waals surface area contributed by atoms with Crippen molar-refractivity contribution in [2.75, 3.05) is 40.5 Å². The first-order valence-electron chi connectivity index (χ1n) is 10.1. The van der Waals surface area contributed by atoms with Crippen LogP contribution in [-0.4, -0.2) is 86.1 Å². The molecule has 1 aromatic rings. The highest BCUT2D eigenvalue weighted by molar-refractivity contribution is 5.89. The second-order valence-corrected chi connectivity index (χ2v) is 7.88. The lowest BCUT2D eigenvalue weighted by atomic mass is 10.1. The first-order valence-corrected chi connectivity index (χ1v) is 10.1. The van der Waals surface area contributed by atoms with Gasteiger partial charge < -0.3 is 25.0 Å². The van der Waals surface area contributed by atoms with Crippen LogP contribution in [0.15, 0.2) is 24.3 Å². The van der Waals surface area contributed by atoms with Crippen LogP contribution in [0.1, 0.15) is 18.9 Å². The molecule has 9 heteroatoms. The Labute approximate surface area is 176 Å². The number of carbonyl (C=O) groups excluding carboxylic acids is 3. The molecule has 1 aromatic carbocycles. The fourth-order valence-corrected chi connectivity index (χ4v) is 4.29. The quantitative estimate of drug-likeness (QED) is 0.633. The third kappa shape index (κ3) is 5.48. The van der Waals surface area contributed by atoms with Crippen LogP contribution >= 0.6 is 0 Å². The Morgan fingerprint density at radius 2 is 1.97 bits per heavy atom. The first-order chi connectivity index (χ1) is 14.4. The standard InChI is InChI=1S/C21H30N4O5/c1-14(26)22-16-8-17-11-24(9-15-5-4-6-18(7-15)30-3)12-19(21(28)25(17)10-16)23-20(27)13-29-2/h4-7,16-17,19H,8-13H2,1-3H3,(H,22,26)(H,23,27)/t16-,17-,19-/m0/s1. The number of nitrogens with zero attached hydrogens (tertiary/aromatic N) is 2. The number of hydrogen-bond acceptors (Lipinski definition) is 6. The molecule has 2 saturated heterocycles. The maximum atomic E-state index is 13.2. The van der Waals surface area contributed by atoms with E-state index < -0.39 is 6.04 Å². The molecule has 2 aliphatic rings. The Kier molecular flexibility index (Phi) is 7.28. The number of benzene rings is 1. The van der Waals surface area contributed by atoms with Gasteiger partial charge in [0.05, 0.1) is 7.11 Å². The molecule has 30 heavy (non-hydrogen) atoms. The third-order valence-corrected chi connectivity index (χ3v) is 5.46. The van der Waals surface area contributed by atoms with Crippen LogP contribution in [-0.2, 0) is 25.7 Å². The van der Waals surface area contributed by atoms with Crippen molar-refractivity contribution in [2.45, 2.75) is 38.0 Å². The number of fused-ring (bicyclic) bond motifs is 1. The van der Waals surface area contributed by atoms with E-state index in [0.29, 0.717) is 32.6 Å². The Bertz CT molecular complexity index is 786. The molecule has 3 atom stereocenters. The van der Waals surface area contributed by atoms with E-state index in [9.17, 15) is 14.4 Å². The number of hydrogen-bond donors (Lipinski definition) is 2. The second kappa shape index (κ2) is 9.90. The van der Waals surface area contributed by atoms with Gasteiger partial charge in [-0.25, -0.2) is 0 Å². The summed E-state index contributed by atoms with van der Waals surface area (Å²) in [6.07, 6.45) is 0.693. The Morgan fingerprint density at radius 3 is 2.67 bits per heavy atom. The summed E-state index contributed by atoms with van der Waals surface area (Å²) in [5.41, 5.74) is 1.06. The zero-order valence-electron chi connectivity index (χ0n) is 17.7. The van der Waals surface area contributed by atoms with Crippen LogP contribution in [0.5, 0.6) is 5.75 Å². The topological polar surface area (TPSA) is 100 Å². The molecule has 2 N–H and O–H groups in total. The minimum absolute atomic E-state index is 0.0238. The van der Waals surface area contributed by atoms with Gasteiger partial charge in [0.2, 0.25) is 17.7 Å². The smallest absolute Gasteiger partial charge is 0.246 e. The van der Waals surface area contributed by atoms with E-state index in [0.717, 1.165) is 11.3 Å². The summed E-state index contributed by atoms with van der Waals surface area (Å²) in [4.78, 5) is 40.8. The van der Waals surface area contributed by atoms with Gasteiger partial charge >= 0.3 is 0 Å². The summed E-state index contributed by atoms with van der Waals surface area (Å²) in [7, 11) is 3.07. The van der Waals surface area contributed by atoms with Crippen molar-refractivity contribution < 1.29 is 23.9 Å². The molecule has 3 rings (SSSR count). The number of rotatable bonds is 7. The summed E-state index contributed by atoms with van der Waals surface area (Å²) in [5, 5.41) is 5.73. The molecule has 0 aliphatic carbocycles. The van der Waals surface area contributed by atoms with Crippen molar-refractivity contribution >= 4 is 17.7 Å². The lowest BCUT2D eigenvalue weighted by molar-refractivity contribution is -0.137. The lowest BCUT2D eigenvalue weighted by Crippen LogP contribution is -2.52. The Morgan fingerprint density at radius 1 is 1.17 bits per heavy atom. The number of nitrogens with one attached hydrogen (secondary N) is 2. The van der Waals surface area contributed by atoms with Gasteiger partial charge in [-0.15, -0.1) is 0 Å². The van der Waals surface area contributed by atoms with Crippen molar-refractivity contribution in [2.24, 2.45) is 0 Å². The second-order valence-electron chi connectivity index (χ2n) is 7.88. The summed E-state index contributed by atoms with van der Waals surface area (Å²) < 4.78 is 10.2. The van der Waals surface area contributed by atoms with E-state index in [-0.39, 0.29) is 36.4 Å². The van der Waals surface area contributed by atoms with E-state index >= 15 is 0 Å². The van der Waals surface area contributed by atoms with E-state index in [2.05, 4.69) is 15.5 Å². The molecule has 164 valence electrons. The molecule has 0 unspecified atom stereocenters. The van der Waals surface area contributed by atoms with Crippen molar-refractivity contribution in [3.63, 3.8) is 0 Å². The summed E-state index contributed by atoms with van der Waals surface area (Å²) in [6.45, 7) is 3.52. The molecule has 0 aromatic heterocycles. The molecule has 9 nitrogen and oxygen atoms in total. The third-order valence-electron chi connectivity index (χ3n) is 5.46. The van der Waals surface area contributed by atoms with Crippen molar-refractivity contribution in [1.29, 1.82) is 0 Å². The summed E-state index contributed by atoms with van der Waals surface area (Å²) >= 11 is 0. The van der Waals surface area contributed by atoms with Crippen LogP contribution in [0.3, 0.4) is 0 Å². The predicted molar refractivity (Wildman–Crippen MR) is 110 cm³/mol. The monoisotopic (exact) mass is 418 g/mol. The highest BCUT2D eigenvalue weighted by Crippen LogP contribution is 2.25. The van der Waals surface area contributed by atoms with Gasteiger partial charge in [-0.05, 0) is 24.1 Å². The molecule has 0 radical (unpaired) electrons. The fourth-order valence-electron chi connectivity index (χ4n) is 4.29. The van der Waals surface area contributed by atoms with Crippen molar-refractivity contribution in [3.05, 3.63) is 29.8 Å². The van der Waals surface area contributed by atoms with Crippen LogP contribution in [0.2, 0.25) is 0 Å². The zero-order valence-corrected chi connectivity index (χ0v) is 17.7. The van der Waals surface area contributed by atoms with Crippen molar-refractivity contribution in [1.82, 2.24) is 20.4 Å². The molecule has 0 bridgehead atoms. The molecule has 2 heterocycles. The number of methoxy groups -OCH3 is 2. The molecule has 2 aliphatic heterocycles. The van der Waals surface area contributed by atoms with E-state index in [1.165, 1.54) is 14.0 Å². The predicted octanol–water partition coefficient (Wildman–Crippen LogP) is -0.252. The maximum Gasteiger partial charge on any atom is 0.246 e. The number of carbonyl (C=O) groups is 3. The van der Waals surface area contributed by atoms with Gasteiger partial charge in [-0.1, -0.05) is 12.1 Å². The van der Waals surface area contributed by atoms with Gasteiger partial charge in [-0.3, -0.25) is 19.3 Å². The summed E-state index contributed by atoms with van der Waals surface area (Å²) in [6, 6.07) is 7.04. The molecule has 3 amide bonds. The zero-order chi connectivity index (χ0) is 21.7. The maximum absolute atomic E-state index is 13.2. The average Bonchev–Trinajstić information content (AvgIpc) is 3.03. The van der Waals surface area contributed by atoms with E-state index in [1.807, 2.05) is 24.3 Å². The van der Waals surface area contributed by atoms with Gasteiger partial charge in [0.1, 0.15) is 18.4 Å². The van der Waals surface area contributed by atoms with Gasteiger partial charge in [0.25, 0.3) is 0 Å². The van der Waals surface area contributed by atoms with Crippen molar-refractivity contribution in [3.8, 4) is 5.75 Å². The van der Waals surface area contributed by atoms with Crippen LogP contribution in [0, 0.1) is 0 Å². The van der Waals surface area contributed by atoms with E-state index in [4.69, 9.17) is 9.47 Å². The average molecular weight is 418 g/mol. The SMILES string of the molecule is COCC(=O)N[C@H]1CN(Cc2cccc(OC)c2)C[C@@H]2C[C@H](NC(C)=O)CN2C1=O. The molecule has 2 fully saturated rings. The van der Waals surface area contributed by atoms with Crippen LogP contribution in [0.25, 0.3) is 0 Å². The normalized spacial score (nSPS) is 24.2. The van der Waals surface area contributed by atoms with Gasteiger partial charge in [0.15, 0.2) is 0 Å². The van der Waals surface area contributed by atoms with Crippen LogP contribution in [0.4, 0.5) is 0 Å². The number of amides is 3. The Balaban J connectivity index is 1.79. The summed E-state index contributed by atoms with van der Waals surface area (Å²) in [5.74, 6) is 0.221. The first kappa shape index (κ1) is 22.0. The Hall–Kier alpha value is -2.65.